The van der Waals surface area contributed by atoms with Gasteiger partial charge in [0.1, 0.15) is 18.1 Å². The third kappa shape index (κ3) is 15.9. The van der Waals surface area contributed by atoms with Gasteiger partial charge in [-0.3, -0.25) is 24.2 Å². The molecule has 0 bridgehead atoms. The largest absolute Gasteiger partial charge is 0.480 e. The zero-order chi connectivity index (χ0) is 28.4. The normalized spacial score (nSPS) is 13.9. The smallest absolute Gasteiger partial charge is 0.326 e. The summed E-state index contributed by atoms with van der Waals surface area (Å²) in [5.74, 6) is -2.90. The standard InChI is InChI=1S/C21H40N8O6S2/c1-36-10-7-12(22)17(31)27-14(8-11-37-2)19(33)28-13(5-6-16(23)30)18(32)29-15(20(34)35)4-3-9-26-21(24)25/h12-15H,3-11,22H2,1-2H3,(H2,23,30)(H,27,31)(H,28,33)(H,29,32)(H,34,35)(H4,24,25,26). The number of carboxylic acids is 1. The summed E-state index contributed by atoms with van der Waals surface area (Å²) in [6, 6.07) is -4.34. The van der Waals surface area contributed by atoms with Crippen LogP contribution < -0.4 is 38.9 Å². The molecule has 0 aromatic rings. The van der Waals surface area contributed by atoms with Gasteiger partial charge in [0.25, 0.3) is 0 Å². The summed E-state index contributed by atoms with van der Waals surface area (Å²) >= 11 is 3.00. The van der Waals surface area contributed by atoms with Gasteiger partial charge in [0, 0.05) is 13.0 Å². The number of nitrogens with one attached hydrogen (secondary N) is 3. The minimum absolute atomic E-state index is 0.0225. The van der Waals surface area contributed by atoms with Crippen LogP contribution in [0.2, 0.25) is 0 Å². The van der Waals surface area contributed by atoms with Crippen molar-refractivity contribution >= 4 is 59.1 Å². The van der Waals surface area contributed by atoms with Crippen LogP contribution >= 0.6 is 23.5 Å². The first-order chi connectivity index (χ1) is 17.4. The Morgan fingerprint density at radius 1 is 0.784 bits per heavy atom. The summed E-state index contributed by atoms with van der Waals surface area (Å²) in [7, 11) is 0. The van der Waals surface area contributed by atoms with Crippen molar-refractivity contribution in [2.24, 2.45) is 27.9 Å². The molecule has 0 aromatic carbocycles. The van der Waals surface area contributed by atoms with Crippen molar-refractivity contribution in [3.8, 4) is 0 Å². The number of rotatable bonds is 20. The van der Waals surface area contributed by atoms with Crippen LogP contribution in [-0.4, -0.2) is 95.4 Å². The number of carbonyl (C=O) groups excluding carboxylic acids is 4. The molecule has 14 nitrogen and oxygen atoms in total. The Morgan fingerprint density at radius 2 is 1.30 bits per heavy atom. The number of aliphatic imine (C=N–C) groups is 1. The summed E-state index contributed by atoms with van der Waals surface area (Å²) in [6.07, 6.45) is 4.31. The number of nitrogens with two attached hydrogens (primary N) is 4. The van der Waals surface area contributed by atoms with E-state index in [1.807, 2.05) is 12.5 Å². The lowest BCUT2D eigenvalue weighted by molar-refractivity contribution is -0.142. The van der Waals surface area contributed by atoms with Crippen LogP contribution in [0.1, 0.15) is 38.5 Å². The number of hydrogen-bond acceptors (Lipinski definition) is 9. The Labute approximate surface area is 225 Å². The number of carbonyl (C=O) groups is 5. The number of primary amides is 1. The molecule has 0 radical (unpaired) electrons. The van der Waals surface area contributed by atoms with Crippen molar-refractivity contribution in [3.05, 3.63) is 0 Å². The molecule has 0 aliphatic rings. The molecule has 0 saturated carbocycles. The lowest BCUT2D eigenvalue weighted by Gasteiger charge is -2.25. The van der Waals surface area contributed by atoms with E-state index in [1.54, 1.807) is 0 Å². The molecule has 16 heteroatoms. The molecule has 4 atom stereocenters. The van der Waals surface area contributed by atoms with Crippen molar-refractivity contribution in [1.29, 1.82) is 0 Å². The molecule has 0 aromatic heterocycles. The molecule has 212 valence electrons. The van der Waals surface area contributed by atoms with E-state index in [0.717, 1.165) is 0 Å². The average molecular weight is 565 g/mol. The van der Waals surface area contributed by atoms with Crippen molar-refractivity contribution in [3.63, 3.8) is 0 Å². The second-order valence-electron chi connectivity index (χ2n) is 8.15. The fourth-order valence-electron chi connectivity index (χ4n) is 3.02. The van der Waals surface area contributed by atoms with Crippen molar-refractivity contribution in [2.45, 2.75) is 62.7 Å². The molecule has 37 heavy (non-hydrogen) atoms. The summed E-state index contributed by atoms with van der Waals surface area (Å²) in [4.78, 5) is 65.2. The van der Waals surface area contributed by atoms with Gasteiger partial charge in [-0.15, -0.1) is 0 Å². The number of carboxylic acid groups (broad SMARTS) is 1. The van der Waals surface area contributed by atoms with E-state index >= 15 is 0 Å². The van der Waals surface area contributed by atoms with Crippen molar-refractivity contribution < 1.29 is 29.1 Å². The number of thioether (sulfide) groups is 2. The topological polar surface area (TPSA) is 258 Å². The quantitative estimate of drug-likeness (QED) is 0.0442. The molecule has 0 rings (SSSR count). The number of nitrogens with zero attached hydrogens (tertiary/aromatic N) is 1. The molecule has 0 fully saturated rings. The summed E-state index contributed by atoms with van der Waals surface area (Å²) in [5.41, 5.74) is 21.6. The maximum Gasteiger partial charge on any atom is 0.326 e. The van der Waals surface area contributed by atoms with E-state index in [2.05, 4.69) is 20.9 Å². The van der Waals surface area contributed by atoms with E-state index in [-0.39, 0.29) is 44.6 Å². The number of guanidine groups is 1. The van der Waals surface area contributed by atoms with Gasteiger partial charge in [-0.1, -0.05) is 0 Å². The molecule has 4 amide bonds. The van der Waals surface area contributed by atoms with Gasteiger partial charge in [0.15, 0.2) is 5.96 Å². The maximum atomic E-state index is 13.0. The van der Waals surface area contributed by atoms with E-state index < -0.39 is 53.8 Å². The second-order valence-corrected chi connectivity index (χ2v) is 10.1. The molecule has 0 saturated heterocycles. The summed E-state index contributed by atoms with van der Waals surface area (Å²) in [6.45, 7) is 0.166. The second kappa shape index (κ2) is 19.4. The molecular formula is C21H40N8O6S2. The fourth-order valence-corrected chi connectivity index (χ4v) is 3.98. The molecule has 0 spiro atoms. The van der Waals surface area contributed by atoms with Crippen LogP contribution in [0.25, 0.3) is 0 Å². The molecule has 0 aliphatic carbocycles. The van der Waals surface area contributed by atoms with Gasteiger partial charge in [-0.2, -0.15) is 23.5 Å². The van der Waals surface area contributed by atoms with Gasteiger partial charge in [-0.05, 0) is 56.1 Å². The zero-order valence-corrected chi connectivity index (χ0v) is 22.9. The van der Waals surface area contributed by atoms with Gasteiger partial charge in [0.05, 0.1) is 6.04 Å². The van der Waals surface area contributed by atoms with Crippen molar-refractivity contribution in [2.75, 3.05) is 30.6 Å². The average Bonchev–Trinajstić information content (AvgIpc) is 2.83. The van der Waals surface area contributed by atoms with Crippen LogP contribution in [0.15, 0.2) is 4.99 Å². The lowest BCUT2D eigenvalue weighted by atomic mass is 10.1. The van der Waals surface area contributed by atoms with Gasteiger partial charge < -0.3 is 44.0 Å². The van der Waals surface area contributed by atoms with Gasteiger partial charge in [0.2, 0.25) is 23.6 Å². The third-order valence-corrected chi connectivity index (χ3v) is 6.37. The highest BCUT2D eigenvalue weighted by atomic mass is 32.2. The Kier molecular flexibility index (Phi) is 18.0. The van der Waals surface area contributed by atoms with Crippen molar-refractivity contribution in [1.82, 2.24) is 16.0 Å². The Morgan fingerprint density at radius 3 is 1.81 bits per heavy atom. The summed E-state index contributed by atoms with van der Waals surface area (Å²) < 4.78 is 0. The first kappa shape index (κ1) is 34.3. The first-order valence-electron chi connectivity index (χ1n) is 11.6. The molecule has 12 N–H and O–H groups in total. The molecular weight excluding hydrogens is 524 g/mol. The van der Waals surface area contributed by atoms with Gasteiger partial charge >= 0.3 is 5.97 Å². The van der Waals surface area contributed by atoms with Crippen LogP contribution in [0.4, 0.5) is 0 Å². The SMILES string of the molecule is CSCCC(N)C(=O)NC(CCSC)C(=O)NC(CCC(N)=O)C(=O)NC(CCCN=C(N)N)C(=O)O. The van der Waals surface area contributed by atoms with Gasteiger partial charge in [-0.25, -0.2) is 4.79 Å². The Bertz CT molecular complexity index is 797. The van der Waals surface area contributed by atoms with Crippen LogP contribution in [0.3, 0.4) is 0 Å². The minimum Gasteiger partial charge on any atom is -0.480 e. The Hall–Kier alpha value is -2.72. The summed E-state index contributed by atoms with van der Waals surface area (Å²) in [5, 5.41) is 17.0. The predicted octanol–water partition coefficient (Wildman–Crippen LogP) is -2.32. The first-order valence-corrected chi connectivity index (χ1v) is 14.4. The number of aliphatic carboxylic acids is 1. The van der Waals surface area contributed by atoms with Crippen LogP contribution in [0, 0.1) is 0 Å². The minimum atomic E-state index is -1.29. The highest BCUT2D eigenvalue weighted by molar-refractivity contribution is 7.98. The molecule has 0 aliphatic heterocycles. The van der Waals surface area contributed by atoms with E-state index in [0.29, 0.717) is 17.9 Å². The molecule has 4 unspecified atom stereocenters. The fraction of sp³-hybridized carbons (Fsp3) is 0.714. The third-order valence-electron chi connectivity index (χ3n) is 5.09. The Balaban J connectivity index is 5.48. The highest BCUT2D eigenvalue weighted by Gasteiger charge is 2.30. The number of hydrogen-bond donors (Lipinski definition) is 8. The van der Waals surface area contributed by atoms with E-state index in [1.165, 1.54) is 23.5 Å². The maximum absolute atomic E-state index is 13.0. The van der Waals surface area contributed by atoms with Crippen LogP contribution in [0.5, 0.6) is 0 Å². The van der Waals surface area contributed by atoms with E-state index in [9.17, 15) is 29.1 Å². The van der Waals surface area contributed by atoms with E-state index in [4.69, 9.17) is 22.9 Å². The molecule has 0 heterocycles. The lowest BCUT2D eigenvalue weighted by Crippen LogP contribution is -2.57. The highest BCUT2D eigenvalue weighted by Crippen LogP contribution is 2.07. The number of amides is 4. The zero-order valence-electron chi connectivity index (χ0n) is 21.2. The monoisotopic (exact) mass is 564 g/mol. The predicted molar refractivity (Wildman–Crippen MR) is 146 cm³/mol. The van der Waals surface area contributed by atoms with Crippen LogP contribution in [-0.2, 0) is 24.0 Å².